The van der Waals surface area contributed by atoms with E-state index in [4.69, 9.17) is 5.11 Å². The Balaban J connectivity index is 2.65. The van der Waals surface area contributed by atoms with Crippen molar-refractivity contribution >= 4 is 22.7 Å². The van der Waals surface area contributed by atoms with Crippen molar-refractivity contribution in [1.29, 1.82) is 0 Å². The molecule has 0 aliphatic heterocycles. The van der Waals surface area contributed by atoms with Gasteiger partial charge >= 0.3 is 5.97 Å². The van der Waals surface area contributed by atoms with Crippen LogP contribution in [0.15, 0.2) is 24.3 Å². The van der Waals surface area contributed by atoms with Crippen molar-refractivity contribution in [3.8, 4) is 0 Å². The first-order valence-corrected chi connectivity index (χ1v) is 7.57. The molecule has 0 aliphatic carbocycles. The average Bonchev–Trinajstić information content (AvgIpc) is 2.36. The largest absolute Gasteiger partial charge is 0.478 e. The normalized spacial score (nSPS) is 13.6. The number of amides is 1. The summed E-state index contributed by atoms with van der Waals surface area (Å²) in [6.45, 7) is 1.83. The monoisotopic (exact) mass is 283 g/mol. The second kappa shape index (κ2) is 7.04. The summed E-state index contributed by atoms with van der Waals surface area (Å²) < 4.78 is 11.0. The minimum atomic E-state index is -1.07. The number of hydrogen-bond donors (Lipinski definition) is 2. The van der Waals surface area contributed by atoms with Crippen molar-refractivity contribution in [2.24, 2.45) is 0 Å². The van der Waals surface area contributed by atoms with E-state index in [2.05, 4.69) is 5.32 Å². The molecule has 1 aromatic carbocycles. The Labute approximate surface area is 114 Å². The molecule has 104 valence electrons. The van der Waals surface area contributed by atoms with Crippen molar-refractivity contribution in [1.82, 2.24) is 5.32 Å². The van der Waals surface area contributed by atoms with E-state index in [1.165, 1.54) is 18.2 Å². The molecule has 0 saturated heterocycles. The van der Waals surface area contributed by atoms with Gasteiger partial charge in [0.1, 0.15) is 0 Å². The standard InChI is InChI=1S/C13H17NO4S/c1-9(6-7-19(2)18)14-12(15)10-4-3-5-11(8-10)13(16)17/h3-5,8-9H,6-7H2,1-2H3,(H,14,15)(H,16,17). The molecule has 0 spiro atoms. The van der Waals surface area contributed by atoms with Crippen LogP contribution >= 0.6 is 0 Å². The van der Waals surface area contributed by atoms with Crippen LogP contribution in [0.25, 0.3) is 0 Å². The molecule has 0 fully saturated rings. The molecule has 1 rings (SSSR count). The highest BCUT2D eigenvalue weighted by Gasteiger charge is 2.12. The van der Waals surface area contributed by atoms with E-state index in [0.29, 0.717) is 17.7 Å². The van der Waals surface area contributed by atoms with E-state index < -0.39 is 16.8 Å². The number of aromatic carboxylic acids is 1. The van der Waals surface area contributed by atoms with Gasteiger partial charge < -0.3 is 10.4 Å². The third kappa shape index (κ3) is 5.21. The van der Waals surface area contributed by atoms with Crippen LogP contribution in [0.1, 0.15) is 34.1 Å². The van der Waals surface area contributed by atoms with Crippen LogP contribution in [0.2, 0.25) is 0 Å². The summed E-state index contributed by atoms with van der Waals surface area (Å²) in [4.78, 5) is 22.7. The third-order valence-electron chi connectivity index (χ3n) is 2.59. The molecule has 0 radical (unpaired) electrons. The lowest BCUT2D eigenvalue weighted by molar-refractivity contribution is 0.0697. The number of nitrogens with one attached hydrogen (secondary N) is 1. The molecule has 0 aromatic heterocycles. The van der Waals surface area contributed by atoms with Gasteiger partial charge in [-0.1, -0.05) is 6.07 Å². The summed E-state index contributed by atoms with van der Waals surface area (Å²) in [5, 5.41) is 11.6. The first-order chi connectivity index (χ1) is 8.90. The van der Waals surface area contributed by atoms with Gasteiger partial charge in [-0.25, -0.2) is 4.79 Å². The van der Waals surface area contributed by atoms with Gasteiger partial charge in [-0.05, 0) is 31.5 Å². The van der Waals surface area contributed by atoms with Gasteiger partial charge in [-0.15, -0.1) is 0 Å². The molecule has 0 bridgehead atoms. The van der Waals surface area contributed by atoms with E-state index in [9.17, 15) is 13.8 Å². The van der Waals surface area contributed by atoms with Crippen molar-refractivity contribution in [2.75, 3.05) is 12.0 Å². The van der Waals surface area contributed by atoms with Gasteiger partial charge in [0.05, 0.1) is 5.56 Å². The molecule has 2 unspecified atom stereocenters. The second-order valence-corrected chi connectivity index (χ2v) is 5.88. The second-order valence-electron chi connectivity index (χ2n) is 4.33. The molecular formula is C13H17NO4S. The molecule has 1 aromatic rings. The third-order valence-corrected chi connectivity index (χ3v) is 3.40. The van der Waals surface area contributed by atoms with E-state index in [1.807, 2.05) is 6.92 Å². The van der Waals surface area contributed by atoms with Crippen LogP contribution in [-0.2, 0) is 10.8 Å². The summed E-state index contributed by atoms with van der Waals surface area (Å²) in [6.07, 6.45) is 2.23. The summed E-state index contributed by atoms with van der Waals surface area (Å²) >= 11 is 0. The summed E-state index contributed by atoms with van der Waals surface area (Å²) in [5.41, 5.74) is 0.388. The zero-order valence-corrected chi connectivity index (χ0v) is 11.7. The highest BCUT2D eigenvalue weighted by molar-refractivity contribution is 7.84. The van der Waals surface area contributed by atoms with Crippen molar-refractivity contribution in [3.05, 3.63) is 35.4 Å². The quantitative estimate of drug-likeness (QED) is 0.823. The van der Waals surface area contributed by atoms with Gasteiger partial charge in [0.25, 0.3) is 5.91 Å². The number of hydrogen-bond acceptors (Lipinski definition) is 3. The zero-order valence-electron chi connectivity index (χ0n) is 10.9. The molecule has 6 heteroatoms. The maximum absolute atomic E-state index is 11.9. The molecule has 0 heterocycles. The van der Waals surface area contributed by atoms with Crippen LogP contribution in [0.3, 0.4) is 0 Å². The molecule has 2 N–H and O–H groups in total. The molecule has 1 amide bonds. The Bertz CT molecular complexity index is 501. The zero-order chi connectivity index (χ0) is 14.4. The van der Waals surface area contributed by atoms with E-state index in [1.54, 1.807) is 12.3 Å². The lowest BCUT2D eigenvalue weighted by atomic mass is 10.1. The number of carboxylic acids is 1. The van der Waals surface area contributed by atoms with Gasteiger partial charge in [0.15, 0.2) is 0 Å². The molecular weight excluding hydrogens is 266 g/mol. The first kappa shape index (κ1) is 15.4. The maximum Gasteiger partial charge on any atom is 0.335 e. The fraction of sp³-hybridized carbons (Fsp3) is 0.385. The van der Waals surface area contributed by atoms with Gasteiger partial charge in [-0.2, -0.15) is 0 Å². The van der Waals surface area contributed by atoms with Gasteiger partial charge in [-0.3, -0.25) is 9.00 Å². The Morgan fingerprint density at radius 1 is 1.37 bits per heavy atom. The number of carboxylic acid groups (broad SMARTS) is 1. The van der Waals surface area contributed by atoms with Gasteiger partial charge in [0.2, 0.25) is 0 Å². The summed E-state index contributed by atoms with van der Waals surface area (Å²) in [5.74, 6) is -0.863. The highest BCUT2D eigenvalue weighted by atomic mass is 32.2. The molecule has 2 atom stereocenters. The number of carbonyl (C=O) groups excluding carboxylic acids is 1. The Morgan fingerprint density at radius 3 is 2.58 bits per heavy atom. The van der Waals surface area contributed by atoms with Crippen LogP contribution in [0, 0.1) is 0 Å². The van der Waals surface area contributed by atoms with Crippen LogP contribution < -0.4 is 5.32 Å². The van der Waals surface area contributed by atoms with Gasteiger partial charge in [0, 0.05) is 34.4 Å². The predicted molar refractivity (Wildman–Crippen MR) is 73.9 cm³/mol. The minimum Gasteiger partial charge on any atom is -0.478 e. The Hall–Kier alpha value is -1.69. The highest BCUT2D eigenvalue weighted by Crippen LogP contribution is 2.06. The van der Waals surface area contributed by atoms with E-state index >= 15 is 0 Å². The number of benzene rings is 1. The topological polar surface area (TPSA) is 83.5 Å². The molecule has 5 nitrogen and oxygen atoms in total. The van der Waals surface area contributed by atoms with E-state index in [0.717, 1.165) is 0 Å². The van der Waals surface area contributed by atoms with Crippen LogP contribution in [0.4, 0.5) is 0 Å². The fourth-order valence-corrected chi connectivity index (χ4v) is 2.20. The Kier molecular flexibility index (Phi) is 5.69. The fourth-order valence-electron chi connectivity index (χ4n) is 1.52. The average molecular weight is 283 g/mol. The number of carbonyl (C=O) groups is 2. The maximum atomic E-state index is 11.9. The smallest absolute Gasteiger partial charge is 0.335 e. The summed E-state index contributed by atoms with van der Waals surface area (Å²) in [7, 11) is -0.884. The van der Waals surface area contributed by atoms with Crippen molar-refractivity contribution in [2.45, 2.75) is 19.4 Å². The van der Waals surface area contributed by atoms with Crippen LogP contribution in [-0.4, -0.2) is 39.2 Å². The molecule has 0 saturated carbocycles. The summed E-state index contributed by atoms with van der Waals surface area (Å²) in [6, 6.07) is 5.76. The lowest BCUT2D eigenvalue weighted by Gasteiger charge is -2.13. The van der Waals surface area contributed by atoms with E-state index in [-0.39, 0.29) is 17.5 Å². The van der Waals surface area contributed by atoms with Crippen LogP contribution in [0.5, 0.6) is 0 Å². The molecule has 19 heavy (non-hydrogen) atoms. The lowest BCUT2D eigenvalue weighted by Crippen LogP contribution is -2.33. The SMILES string of the molecule is CC(CCS(C)=O)NC(=O)c1cccc(C(=O)O)c1. The Morgan fingerprint density at radius 2 is 2.00 bits per heavy atom. The van der Waals surface area contributed by atoms with Crippen molar-refractivity contribution in [3.63, 3.8) is 0 Å². The minimum absolute atomic E-state index is 0.0787. The van der Waals surface area contributed by atoms with Crippen molar-refractivity contribution < 1.29 is 18.9 Å². The number of rotatable bonds is 6. The molecule has 0 aliphatic rings. The predicted octanol–water partition coefficient (Wildman–Crippen LogP) is 1.27. The first-order valence-electron chi connectivity index (χ1n) is 5.84.